The number of hydrogen-bond acceptors (Lipinski definition) is 1. The van der Waals surface area contributed by atoms with E-state index < -0.39 is 6.03 Å². The average molecular weight is 102 g/mol. The van der Waals surface area contributed by atoms with Crippen LogP contribution in [0.1, 0.15) is 2.85 Å². The zero-order chi connectivity index (χ0) is 3.58. The maximum atomic E-state index is 9.00. The van der Waals surface area contributed by atoms with E-state index in [9.17, 15) is 0 Å². The molecule has 4 N–H and O–H groups in total. The first kappa shape index (κ1) is 9.11. The van der Waals surface area contributed by atoms with Crippen LogP contribution in [-0.2, 0) is 0 Å². The Labute approximate surface area is 62.7 Å². The van der Waals surface area contributed by atoms with Crippen LogP contribution in [0.25, 0.3) is 0 Å². The Bertz CT molecular complexity index is 38.7. The summed E-state index contributed by atoms with van der Waals surface area (Å²) in [4.78, 5) is 9.00. The van der Waals surface area contributed by atoms with Crippen LogP contribution in [0.2, 0.25) is 0 Å². The normalized spacial score (nSPS) is 4.80. The minimum atomic E-state index is -0.833. The van der Waals surface area contributed by atoms with E-state index in [0.717, 1.165) is 0 Å². The molecule has 0 rings (SSSR count). The summed E-state index contributed by atoms with van der Waals surface area (Å²) in [6.45, 7) is 0. The number of nitrogens with two attached hydrogens (primary N) is 2. The summed E-state index contributed by atoms with van der Waals surface area (Å²) in [6.07, 6.45) is 0. The van der Waals surface area contributed by atoms with Crippen molar-refractivity contribution in [3.63, 3.8) is 0 Å². The molecule has 0 fully saturated rings. The molecule has 0 aromatic carbocycles. The number of urea groups is 1. The molecule has 2 amide bonds. The standard InChI is InChI=1S/CH4N2O.Ca.2H/c2-1(3)4;;;/h(H4,2,3,4);;;/q;+2;2*-1. The summed E-state index contributed by atoms with van der Waals surface area (Å²) in [6, 6.07) is -0.833. The fourth-order valence-electron chi connectivity index (χ4n) is 0. The molecule has 0 bridgehead atoms. The van der Waals surface area contributed by atoms with Gasteiger partial charge < -0.3 is 14.3 Å². The molecule has 28 valence electrons. The third-order valence-corrected chi connectivity index (χ3v) is 0. The van der Waals surface area contributed by atoms with Gasteiger partial charge in [0.1, 0.15) is 0 Å². The maximum Gasteiger partial charge on any atom is 2.00 e. The van der Waals surface area contributed by atoms with Crippen molar-refractivity contribution in [1.29, 1.82) is 0 Å². The van der Waals surface area contributed by atoms with Gasteiger partial charge in [-0.05, 0) is 0 Å². The topological polar surface area (TPSA) is 69.1 Å². The second kappa shape index (κ2) is 4.53. The molecule has 0 aliphatic rings. The van der Waals surface area contributed by atoms with E-state index in [1.807, 2.05) is 0 Å². The number of primary amides is 2. The van der Waals surface area contributed by atoms with Gasteiger partial charge in [0.25, 0.3) is 0 Å². The minimum Gasteiger partial charge on any atom is -1.00 e. The van der Waals surface area contributed by atoms with Crippen LogP contribution in [0.3, 0.4) is 0 Å². The molecule has 0 radical (unpaired) electrons. The van der Waals surface area contributed by atoms with Crippen LogP contribution in [0.15, 0.2) is 0 Å². The van der Waals surface area contributed by atoms with Gasteiger partial charge in [-0.3, -0.25) is 0 Å². The molecule has 0 saturated heterocycles. The molecular weight excluding hydrogens is 96.1 g/mol. The smallest absolute Gasteiger partial charge is 1.00 e. The molecule has 0 aromatic heterocycles. The van der Waals surface area contributed by atoms with E-state index in [1.54, 1.807) is 0 Å². The molecule has 0 saturated carbocycles. The van der Waals surface area contributed by atoms with Gasteiger partial charge in [0.2, 0.25) is 0 Å². The Balaban J connectivity index is -0.0000000150. The van der Waals surface area contributed by atoms with Crippen molar-refractivity contribution in [1.82, 2.24) is 0 Å². The van der Waals surface area contributed by atoms with Crippen LogP contribution in [0.4, 0.5) is 4.79 Å². The quantitative estimate of drug-likeness (QED) is 0.373. The number of carbonyl (C=O) groups is 1. The Kier molecular flexibility index (Phi) is 8.25. The van der Waals surface area contributed by atoms with Crippen LogP contribution >= 0.6 is 0 Å². The van der Waals surface area contributed by atoms with E-state index in [2.05, 4.69) is 11.5 Å². The van der Waals surface area contributed by atoms with Crippen LogP contribution in [0.5, 0.6) is 0 Å². The summed E-state index contributed by atoms with van der Waals surface area (Å²) in [5.41, 5.74) is 8.50. The van der Waals surface area contributed by atoms with Crippen LogP contribution in [0, 0.1) is 0 Å². The van der Waals surface area contributed by atoms with Gasteiger partial charge in [-0.1, -0.05) is 0 Å². The summed E-state index contributed by atoms with van der Waals surface area (Å²) >= 11 is 0. The van der Waals surface area contributed by atoms with E-state index >= 15 is 0 Å². The molecule has 0 aliphatic heterocycles. The molecule has 0 atom stereocenters. The van der Waals surface area contributed by atoms with Gasteiger partial charge in [0.15, 0.2) is 0 Å². The monoisotopic (exact) mass is 102 g/mol. The molecule has 3 nitrogen and oxygen atoms in total. The Morgan fingerprint density at radius 3 is 1.60 bits per heavy atom. The first-order chi connectivity index (χ1) is 1.73. The third kappa shape index (κ3) is 103. The number of amides is 2. The van der Waals surface area contributed by atoms with Crippen LogP contribution < -0.4 is 11.5 Å². The van der Waals surface area contributed by atoms with Crippen molar-refractivity contribution in [3.8, 4) is 0 Å². The molecule has 0 unspecified atom stereocenters. The van der Waals surface area contributed by atoms with Crippen molar-refractivity contribution in [2.24, 2.45) is 11.5 Å². The van der Waals surface area contributed by atoms with E-state index in [0.29, 0.717) is 0 Å². The fraction of sp³-hybridized carbons (Fsp3) is 0. The molecule has 0 aliphatic carbocycles. The SMILES string of the molecule is NC(N)=O.[Ca+2].[H-].[H-]. The van der Waals surface area contributed by atoms with E-state index in [-0.39, 0.29) is 40.6 Å². The van der Waals surface area contributed by atoms with Gasteiger partial charge in [-0.2, -0.15) is 0 Å². The Morgan fingerprint density at radius 1 is 1.60 bits per heavy atom. The van der Waals surface area contributed by atoms with Crippen molar-refractivity contribution < 1.29 is 7.65 Å². The predicted octanol–water partition coefficient (Wildman–Crippen LogP) is -1.13. The predicted molar refractivity (Wildman–Crippen MR) is 21.7 cm³/mol. The van der Waals surface area contributed by atoms with Crippen molar-refractivity contribution in [2.45, 2.75) is 0 Å². The van der Waals surface area contributed by atoms with Gasteiger partial charge in [-0.15, -0.1) is 0 Å². The van der Waals surface area contributed by atoms with Crippen LogP contribution in [-0.4, -0.2) is 43.8 Å². The van der Waals surface area contributed by atoms with Gasteiger partial charge >= 0.3 is 43.8 Å². The fourth-order valence-corrected chi connectivity index (χ4v) is 0. The zero-order valence-electron chi connectivity index (χ0n) is 4.77. The third-order valence-electron chi connectivity index (χ3n) is 0. The first-order valence-electron chi connectivity index (χ1n) is 0.781. The Morgan fingerprint density at radius 2 is 1.60 bits per heavy atom. The summed E-state index contributed by atoms with van der Waals surface area (Å²) < 4.78 is 0. The second-order valence-corrected chi connectivity index (χ2v) is 0.402. The van der Waals surface area contributed by atoms with E-state index in [4.69, 9.17) is 4.79 Å². The molecule has 0 heterocycles. The first-order valence-corrected chi connectivity index (χ1v) is 0.781. The molecule has 4 heteroatoms. The maximum absolute atomic E-state index is 9.00. The molecular formula is CH6CaN2O. The molecule has 5 heavy (non-hydrogen) atoms. The molecule has 0 spiro atoms. The minimum absolute atomic E-state index is 0. The average Bonchev–Trinajstić information content (AvgIpc) is 0.811. The second-order valence-electron chi connectivity index (χ2n) is 0.402. The summed E-state index contributed by atoms with van der Waals surface area (Å²) in [5, 5.41) is 0. The molecule has 0 aromatic rings. The van der Waals surface area contributed by atoms with Gasteiger partial charge in [0, 0.05) is 0 Å². The zero-order valence-corrected chi connectivity index (χ0v) is 4.98. The van der Waals surface area contributed by atoms with Crippen molar-refractivity contribution in [3.05, 3.63) is 0 Å². The van der Waals surface area contributed by atoms with Crippen molar-refractivity contribution in [2.75, 3.05) is 0 Å². The van der Waals surface area contributed by atoms with Gasteiger partial charge in [-0.25, -0.2) is 4.79 Å². The summed E-state index contributed by atoms with van der Waals surface area (Å²) in [5.74, 6) is 0. The number of rotatable bonds is 0. The largest absolute Gasteiger partial charge is 2.00 e. The number of carbonyl (C=O) groups excluding carboxylic acids is 1. The van der Waals surface area contributed by atoms with E-state index in [1.165, 1.54) is 0 Å². The van der Waals surface area contributed by atoms with Gasteiger partial charge in [0.05, 0.1) is 0 Å². The van der Waals surface area contributed by atoms with Crippen molar-refractivity contribution >= 4 is 43.8 Å². The summed E-state index contributed by atoms with van der Waals surface area (Å²) in [7, 11) is 0. The number of hydrogen-bond donors (Lipinski definition) is 2. The Hall–Kier alpha value is 0.530.